The molecule has 7 nitrogen and oxygen atoms in total. The topological polar surface area (TPSA) is 74.6 Å². The second kappa shape index (κ2) is 11.3. The third kappa shape index (κ3) is 6.01. The van der Waals surface area contributed by atoms with Gasteiger partial charge in [0.25, 0.3) is 0 Å². The summed E-state index contributed by atoms with van der Waals surface area (Å²) in [6, 6.07) is 15.6. The molecular formula is C23H26ClIN6O. The van der Waals surface area contributed by atoms with Crippen molar-refractivity contribution in [3.63, 3.8) is 0 Å². The van der Waals surface area contributed by atoms with Crippen LogP contribution in [0.5, 0.6) is 0 Å². The molecule has 9 heteroatoms. The van der Waals surface area contributed by atoms with E-state index in [1.807, 2.05) is 70.5 Å². The predicted molar refractivity (Wildman–Crippen MR) is 139 cm³/mol. The lowest BCUT2D eigenvalue weighted by Crippen LogP contribution is -2.36. The monoisotopic (exact) mass is 564 g/mol. The maximum atomic E-state index is 11.9. The molecular weight excluding hydrogens is 539 g/mol. The Morgan fingerprint density at radius 2 is 1.69 bits per heavy atom. The lowest BCUT2D eigenvalue weighted by Gasteiger charge is -2.16. The van der Waals surface area contributed by atoms with E-state index in [1.54, 1.807) is 7.05 Å². The molecule has 168 valence electrons. The van der Waals surface area contributed by atoms with E-state index in [-0.39, 0.29) is 29.9 Å². The highest BCUT2D eigenvalue weighted by atomic mass is 127. The maximum absolute atomic E-state index is 11.9. The summed E-state index contributed by atoms with van der Waals surface area (Å²) in [6.45, 7) is 2.04. The van der Waals surface area contributed by atoms with Crippen molar-refractivity contribution in [1.29, 1.82) is 0 Å². The third-order valence-electron chi connectivity index (χ3n) is 5.19. The van der Waals surface area contributed by atoms with Gasteiger partial charge in [0.2, 0.25) is 5.91 Å². The zero-order valence-corrected chi connectivity index (χ0v) is 20.9. The minimum atomic E-state index is 0. The van der Waals surface area contributed by atoms with Gasteiger partial charge in [0.1, 0.15) is 0 Å². The van der Waals surface area contributed by atoms with E-state index in [4.69, 9.17) is 11.6 Å². The first-order valence-electron chi connectivity index (χ1n) is 10.3. The van der Waals surface area contributed by atoms with Crippen molar-refractivity contribution in [2.24, 2.45) is 4.99 Å². The lowest BCUT2D eigenvalue weighted by atomic mass is 10.2. The fraction of sp³-hybridized carbons (Fsp3) is 0.261. The highest BCUT2D eigenvalue weighted by molar-refractivity contribution is 14.0. The molecule has 1 aromatic heterocycles. The number of nitrogens with one attached hydrogen (secondary N) is 2. The molecule has 0 unspecified atom stereocenters. The number of hydrogen-bond acceptors (Lipinski definition) is 3. The molecule has 1 saturated heterocycles. The molecule has 1 amide bonds. The highest BCUT2D eigenvalue weighted by Crippen LogP contribution is 2.21. The Balaban J connectivity index is 0.00000289. The number of carbonyl (C=O) groups excluding carboxylic acids is 1. The summed E-state index contributed by atoms with van der Waals surface area (Å²) in [7, 11) is 1.74. The van der Waals surface area contributed by atoms with Crippen molar-refractivity contribution in [1.82, 2.24) is 20.4 Å². The molecule has 0 aliphatic carbocycles. The molecule has 0 spiro atoms. The number of carbonyl (C=O) groups is 1. The van der Waals surface area contributed by atoms with Crippen molar-refractivity contribution < 1.29 is 4.79 Å². The molecule has 2 N–H and O–H groups in total. The Bertz CT molecular complexity index is 1060. The van der Waals surface area contributed by atoms with Crippen LogP contribution in [0.3, 0.4) is 0 Å². The van der Waals surface area contributed by atoms with E-state index in [2.05, 4.69) is 20.7 Å². The Morgan fingerprint density at radius 3 is 2.31 bits per heavy atom. The number of nitrogens with zero attached hydrogens (tertiary/aromatic N) is 4. The van der Waals surface area contributed by atoms with Gasteiger partial charge in [-0.05, 0) is 48.4 Å². The Labute approximate surface area is 209 Å². The number of benzene rings is 2. The van der Waals surface area contributed by atoms with E-state index in [9.17, 15) is 4.79 Å². The largest absolute Gasteiger partial charge is 0.352 e. The summed E-state index contributed by atoms with van der Waals surface area (Å²) in [6.07, 6.45) is 5.38. The number of halogens is 2. The Hall–Kier alpha value is -2.59. The van der Waals surface area contributed by atoms with Gasteiger partial charge >= 0.3 is 0 Å². The summed E-state index contributed by atoms with van der Waals surface area (Å²) >= 11 is 5.95. The van der Waals surface area contributed by atoms with Gasteiger partial charge in [-0.15, -0.1) is 24.0 Å². The molecule has 0 saturated carbocycles. The van der Waals surface area contributed by atoms with Gasteiger partial charge in [-0.25, -0.2) is 4.68 Å². The van der Waals surface area contributed by atoms with Gasteiger partial charge in [0, 0.05) is 55.6 Å². The number of hydrogen-bond donors (Lipinski definition) is 2. The number of guanidine groups is 1. The summed E-state index contributed by atoms with van der Waals surface area (Å²) in [5.41, 5.74) is 4.08. The van der Waals surface area contributed by atoms with E-state index in [0.29, 0.717) is 30.5 Å². The first-order chi connectivity index (χ1) is 15.1. The van der Waals surface area contributed by atoms with Gasteiger partial charge in [-0.3, -0.25) is 9.79 Å². The number of amides is 1. The van der Waals surface area contributed by atoms with Crippen LogP contribution in [0.1, 0.15) is 24.0 Å². The molecule has 32 heavy (non-hydrogen) atoms. The third-order valence-corrected chi connectivity index (χ3v) is 5.44. The summed E-state index contributed by atoms with van der Waals surface area (Å²) in [5, 5.41) is 11.7. The fourth-order valence-electron chi connectivity index (χ4n) is 3.49. The van der Waals surface area contributed by atoms with Crippen LogP contribution >= 0.6 is 35.6 Å². The normalized spacial score (nSPS) is 13.8. The molecule has 0 bridgehead atoms. The SMILES string of the molecule is CN=C(NCc1ccc(N2CCCC2=O)cc1)NCc1cnn(-c2ccc(Cl)cc2)c1.I. The molecule has 3 aromatic rings. The fourth-order valence-corrected chi connectivity index (χ4v) is 3.62. The summed E-state index contributed by atoms with van der Waals surface area (Å²) in [4.78, 5) is 18.0. The first-order valence-corrected chi connectivity index (χ1v) is 10.6. The average Bonchev–Trinajstić information content (AvgIpc) is 3.44. The van der Waals surface area contributed by atoms with E-state index < -0.39 is 0 Å². The maximum Gasteiger partial charge on any atom is 0.227 e. The van der Waals surface area contributed by atoms with Crippen LogP contribution in [-0.2, 0) is 17.9 Å². The molecule has 0 atom stereocenters. The zero-order valence-electron chi connectivity index (χ0n) is 17.8. The second-order valence-electron chi connectivity index (χ2n) is 7.36. The Morgan fingerprint density at radius 1 is 1.03 bits per heavy atom. The second-order valence-corrected chi connectivity index (χ2v) is 7.80. The first kappa shape index (κ1) is 24.1. The van der Waals surface area contributed by atoms with Gasteiger partial charge in [-0.1, -0.05) is 23.7 Å². The molecule has 0 radical (unpaired) electrons. The zero-order chi connectivity index (χ0) is 21.6. The van der Waals surface area contributed by atoms with Crippen LogP contribution in [0.25, 0.3) is 5.69 Å². The summed E-state index contributed by atoms with van der Waals surface area (Å²) < 4.78 is 1.82. The molecule has 2 heterocycles. The van der Waals surface area contributed by atoms with Crippen LogP contribution < -0.4 is 15.5 Å². The summed E-state index contributed by atoms with van der Waals surface area (Å²) in [5.74, 6) is 0.910. The lowest BCUT2D eigenvalue weighted by molar-refractivity contribution is -0.117. The smallest absolute Gasteiger partial charge is 0.227 e. The van der Waals surface area contributed by atoms with Crippen LogP contribution in [0.2, 0.25) is 5.02 Å². The van der Waals surface area contributed by atoms with Crippen LogP contribution in [0.4, 0.5) is 5.69 Å². The number of aromatic nitrogens is 2. The standard InChI is InChI=1S/C23H25ClN6O.HI/c1-25-23(26-13-17-4-8-20(9-5-17)29-12-2-3-22(29)31)27-14-18-15-28-30(16-18)21-10-6-19(24)7-11-21;/h4-11,15-16H,2-3,12-14H2,1H3,(H2,25,26,27);1H. The van der Waals surface area contributed by atoms with Crippen LogP contribution in [-0.4, -0.2) is 35.2 Å². The van der Waals surface area contributed by atoms with Crippen molar-refractivity contribution in [3.05, 3.63) is 77.1 Å². The van der Waals surface area contributed by atoms with Gasteiger partial charge in [-0.2, -0.15) is 5.10 Å². The van der Waals surface area contributed by atoms with E-state index in [0.717, 1.165) is 35.5 Å². The molecule has 1 fully saturated rings. The van der Waals surface area contributed by atoms with Gasteiger partial charge in [0.05, 0.1) is 11.9 Å². The molecule has 2 aromatic carbocycles. The predicted octanol–water partition coefficient (Wildman–Crippen LogP) is 4.14. The van der Waals surface area contributed by atoms with Crippen LogP contribution in [0.15, 0.2) is 65.9 Å². The minimum Gasteiger partial charge on any atom is -0.352 e. The molecule has 4 rings (SSSR count). The number of aliphatic imine (C=N–C) groups is 1. The number of rotatable bonds is 6. The van der Waals surface area contributed by atoms with Gasteiger partial charge in [0.15, 0.2) is 5.96 Å². The quantitative estimate of drug-likeness (QED) is 0.268. The number of anilines is 1. The minimum absolute atomic E-state index is 0. The molecule has 1 aliphatic rings. The average molecular weight is 565 g/mol. The molecule has 1 aliphatic heterocycles. The van der Waals surface area contributed by atoms with Crippen LogP contribution in [0, 0.1) is 0 Å². The van der Waals surface area contributed by atoms with Crippen molar-refractivity contribution >= 4 is 53.1 Å². The van der Waals surface area contributed by atoms with Gasteiger partial charge < -0.3 is 15.5 Å². The Kier molecular flexibility index (Phi) is 8.52. The van der Waals surface area contributed by atoms with E-state index >= 15 is 0 Å². The van der Waals surface area contributed by atoms with Crippen molar-refractivity contribution in [2.45, 2.75) is 25.9 Å². The van der Waals surface area contributed by atoms with Crippen molar-refractivity contribution in [3.8, 4) is 5.69 Å². The highest BCUT2D eigenvalue weighted by Gasteiger charge is 2.21. The van der Waals surface area contributed by atoms with Crippen molar-refractivity contribution in [2.75, 3.05) is 18.5 Å². The van der Waals surface area contributed by atoms with E-state index in [1.165, 1.54) is 0 Å².